The summed E-state index contributed by atoms with van der Waals surface area (Å²) in [4.78, 5) is 0. The van der Waals surface area contributed by atoms with Crippen molar-refractivity contribution in [3.8, 4) is 0 Å². The van der Waals surface area contributed by atoms with Crippen LogP contribution in [-0.2, 0) is 4.74 Å². The molecule has 0 bridgehead atoms. The van der Waals surface area contributed by atoms with Gasteiger partial charge in [-0.05, 0) is 22.0 Å². The van der Waals surface area contributed by atoms with Gasteiger partial charge >= 0.3 is 0 Å². The number of epoxide rings is 1. The van der Waals surface area contributed by atoms with Gasteiger partial charge in [-0.2, -0.15) is 0 Å². The van der Waals surface area contributed by atoms with E-state index in [0.29, 0.717) is 0 Å². The zero-order valence-corrected chi connectivity index (χ0v) is 8.02. The summed E-state index contributed by atoms with van der Waals surface area (Å²) in [6.45, 7) is 0.802. The van der Waals surface area contributed by atoms with Crippen LogP contribution in [0.2, 0.25) is 5.02 Å². The fraction of sp³-hybridized carbons (Fsp3) is 0.250. The Morgan fingerprint density at radius 2 is 2.27 bits per heavy atom. The van der Waals surface area contributed by atoms with Crippen molar-refractivity contribution >= 4 is 27.5 Å². The number of hydrogen-bond donors (Lipinski definition) is 0. The Kier molecular flexibility index (Phi) is 1.91. The Morgan fingerprint density at radius 3 is 2.91 bits per heavy atom. The molecule has 1 aliphatic heterocycles. The molecule has 3 heteroatoms. The topological polar surface area (TPSA) is 12.5 Å². The third-order valence-electron chi connectivity index (χ3n) is 1.66. The summed E-state index contributed by atoms with van der Waals surface area (Å²) in [5.41, 5.74) is 1.08. The van der Waals surface area contributed by atoms with Gasteiger partial charge in [-0.1, -0.05) is 23.7 Å². The second kappa shape index (κ2) is 2.77. The van der Waals surface area contributed by atoms with Crippen molar-refractivity contribution in [1.82, 2.24) is 0 Å². The molecule has 0 aromatic heterocycles. The monoisotopic (exact) mass is 232 g/mol. The Balaban J connectivity index is 2.45. The second-order valence-electron chi connectivity index (χ2n) is 2.47. The van der Waals surface area contributed by atoms with Gasteiger partial charge in [0.2, 0.25) is 0 Å². The van der Waals surface area contributed by atoms with Crippen LogP contribution < -0.4 is 0 Å². The second-order valence-corrected chi connectivity index (χ2v) is 3.70. The summed E-state index contributed by atoms with van der Waals surface area (Å²) in [6.07, 6.45) is 0.236. The maximum atomic E-state index is 6.00. The Bertz CT molecular complexity index is 283. The molecule has 1 atom stereocenters. The van der Waals surface area contributed by atoms with Crippen LogP contribution in [0.5, 0.6) is 0 Å². The van der Waals surface area contributed by atoms with Crippen LogP contribution in [0, 0.1) is 0 Å². The summed E-state index contributed by atoms with van der Waals surface area (Å²) in [5.74, 6) is 0. The van der Waals surface area contributed by atoms with Crippen molar-refractivity contribution in [3.05, 3.63) is 33.3 Å². The minimum Gasteiger partial charge on any atom is -0.368 e. The molecule has 1 fully saturated rings. The minimum absolute atomic E-state index is 0.236. The normalized spacial score (nSPS) is 21.8. The zero-order valence-electron chi connectivity index (χ0n) is 5.68. The molecule has 0 amide bonds. The molecule has 0 spiro atoms. The minimum atomic E-state index is 0.236. The number of rotatable bonds is 1. The van der Waals surface area contributed by atoms with Gasteiger partial charge < -0.3 is 4.74 Å². The summed E-state index contributed by atoms with van der Waals surface area (Å²) in [6, 6.07) is 5.88. The lowest BCUT2D eigenvalue weighted by Crippen LogP contribution is -1.82. The van der Waals surface area contributed by atoms with E-state index in [-0.39, 0.29) is 6.10 Å². The number of ether oxygens (including phenoxy) is 1. The average molecular weight is 233 g/mol. The largest absolute Gasteiger partial charge is 0.368 e. The molecule has 1 aromatic rings. The van der Waals surface area contributed by atoms with Gasteiger partial charge in [0.25, 0.3) is 0 Å². The van der Waals surface area contributed by atoms with E-state index in [1.54, 1.807) is 0 Å². The summed E-state index contributed by atoms with van der Waals surface area (Å²) in [5, 5.41) is 0.773. The van der Waals surface area contributed by atoms with E-state index >= 15 is 0 Å². The van der Waals surface area contributed by atoms with Crippen LogP contribution in [-0.4, -0.2) is 6.61 Å². The highest BCUT2D eigenvalue weighted by molar-refractivity contribution is 9.10. The lowest BCUT2D eigenvalue weighted by Gasteiger charge is -2.00. The van der Waals surface area contributed by atoms with Crippen LogP contribution in [0.15, 0.2) is 22.7 Å². The summed E-state index contributed by atoms with van der Waals surface area (Å²) in [7, 11) is 0. The summed E-state index contributed by atoms with van der Waals surface area (Å²) < 4.78 is 6.06. The van der Waals surface area contributed by atoms with E-state index in [2.05, 4.69) is 15.9 Å². The number of benzene rings is 1. The molecule has 1 nitrogen and oxygen atoms in total. The molecule has 0 radical (unpaired) electrons. The van der Waals surface area contributed by atoms with Crippen LogP contribution in [0.1, 0.15) is 11.7 Å². The van der Waals surface area contributed by atoms with Gasteiger partial charge in [-0.3, -0.25) is 0 Å². The molecule has 0 aliphatic carbocycles. The molecular formula is C8H6BrClO. The highest BCUT2D eigenvalue weighted by Crippen LogP contribution is 2.37. The lowest BCUT2D eigenvalue weighted by molar-refractivity contribution is 0.415. The molecule has 0 saturated carbocycles. The van der Waals surface area contributed by atoms with Crippen LogP contribution in [0.4, 0.5) is 0 Å². The molecule has 1 saturated heterocycles. The first-order valence-electron chi connectivity index (χ1n) is 3.34. The van der Waals surface area contributed by atoms with E-state index in [1.165, 1.54) is 0 Å². The van der Waals surface area contributed by atoms with Gasteiger partial charge in [0, 0.05) is 10.0 Å². The highest BCUT2D eigenvalue weighted by Gasteiger charge is 2.27. The van der Waals surface area contributed by atoms with Gasteiger partial charge in [-0.15, -0.1) is 0 Å². The van der Waals surface area contributed by atoms with E-state index in [1.807, 2.05) is 18.2 Å². The van der Waals surface area contributed by atoms with Crippen molar-refractivity contribution in [2.45, 2.75) is 6.10 Å². The fourth-order valence-electron chi connectivity index (χ4n) is 0.997. The van der Waals surface area contributed by atoms with E-state index in [9.17, 15) is 0 Å². The van der Waals surface area contributed by atoms with Crippen molar-refractivity contribution in [2.24, 2.45) is 0 Å². The van der Waals surface area contributed by atoms with Crippen LogP contribution >= 0.6 is 27.5 Å². The van der Waals surface area contributed by atoms with Gasteiger partial charge in [0.15, 0.2) is 0 Å². The van der Waals surface area contributed by atoms with Crippen molar-refractivity contribution < 1.29 is 4.74 Å². The van der Waals surface area contributed by atoms with Crippen LogP contribution in [0.3, 0.4) is 0 Å². The van der Waals surface area contributed by atoms with Crippen LogP contribution in [0.25, 0.3) is 0 Å². The van der Waals surface area contributed by atoms with E-state index in [4.69, 9.17) is 16.3 Å². The maximum Gasteiger partial charge on any atom is 0.107 e. The van der Waals surface area contributed by atoms with Crippen molar-refractivity contribution in [2.75, 3.05) is 6.61 Å². The average Bonchev–Trinajstić information content (AvgIpc) is 2.77. The molecule has 1 aliphatic rings. The predicted molar refractivity (Wildman–Crippen MR) is 47.8 cm³/mol. The Hall–Kier alpha value is -0.0500. The molecule has 11 heavy (non-hydrogen) atoms. The first kappa shape index (κ1) is 7.59. The standard InChI is InChI=1S/C8H6BrClO/c9-6-3-1-2-5(8(6)10)7-4-11-7/h1-3,7H,4H2/t7-/m0/s1. The number of halogens is 2. The molecule has 2 rings (SSSR count). The smallest absolute Gasteiger partial charge is 0.107 e. The van der Waals surface area contributed by atoms with Gasteiger partial charge in [0.1, 0.15) is 6.10 Å². The summed E-state index contributed by atoms with van der Waals surface area (Å²) >= 11 is 9.36. The SMILES string of the molecule is Clc1c(Br)cccc1[C@@H]1CO1. The molecule has 1 aromatic carbocycles. The van der Waals surface area contributed by atoms with E-state index < -0.39 is 0 Å². The van der Waals surface area contributed by atoms with Gasteiger partial charge in [-0.25, -0.2) is 0 Å². The fourth-order valence-corrected chi connectivity index (χ4v) is 1.63. The van der Waals surface area contributed by atoms with E-state index in [0.717, 1.165) is 21.7 Å². The van der Waals surface area contributed by atoms with Crippen molar-refractivity contribution in [1.29, 1.82) is 0 Å². The Morgan fingerprint density at radius 1 is 1.55 bits per heavy atom. The zero-order chi connectivity index (χ0) is 7.84. The molecule has 58 valence electrons. The first-order chi connectivity index (χ1) is 5.29. The highest BCUT2D eigenvalue weighted by atomic mass is 79.9. The quantitative estimate of drug-likeness (QED) is 0.679. The third-order valence-corrected chi connectivity index (χ3v) is 2.97. The lowest BCUT2D eigenvalue weighted by atomic mass is 10.2. The molecule has 0 N–H and O–H groups in total. The van der Waals surface area contributed by atoms with Crippen molar-refractivity contribution in [3.63, 3.8) is 0 Å². The predicted octanol–water partition coefficient (Wildman–Crippen LogP) is 3.17. The first-order valence-corrected chi connectivity index (χ1v) is 4.51. The third kappa shape index (κ3) is 1.43. The maximum absolute atomic E-state index is 6.00. The van der Waals surface area contributed by atoms with Gasteiger partial charge in [0.05, 0.1) is 11.6 Å². The molecule has 0 unspecified atom stereocenters. The number of hydrogen-bond acceptors (Lipinski definition) is 1. The Labute approximate surface area is 78.4 Å². The molecule has 1 heterocycles. The molecular weight excluding hydrogens is 227 g/mol.